The summed E-state index contributed by atoms with van der Waals surface area (Å²) in [6, 6.07) is 2.24. The highest BCUT2D eigenvalue weighted by Gasteiger charge is 2.56. The lowest BCUT2D eigenvalue weighted by molar-refractivity contribution is -0.253. The van der Waals surface area contributed by atoms with Crippen molar-refractivity contribution in [3.8, 4) is 11.5 Å². The first kappa shape index (κ1) is 32.9. The molecule has 10 nitrogen and oxygen atoms in total. The first-order chi connectivity index (χ1) is 18.9. The Balaban J connectivity index is 1.67. The molecule has 15 heteroatoms. The molecule has 0 bridgehead atoms. The summed E-state index contributed by atoms with van der Waals surface area (Å²) < 4.78 is 88.8. The van der Waals surface area contributed by atoms with Gasteiger partial charge in [-0.15, -0.1) is 0 Å². The molecule has 41 heavy (non-hydrogen) atoms. The molecule has 2 atom stereocenters. The molecular formula is C26H38F4N4O6S. The van der Waals surface area contributed by atoms with Crippen LogP contribution in [0.5, 0.6) is 11.5 Å². The summed E-state index contributed by atoms with van der Waals surface area (Å²) in [6.45, 7) is 9.45. The van der Waals surface area contributed by atoms with Crippen LogP contribution in [0.25, 0.3) is 0 Å². The van der Waals surface area contributed by atoms with Crippen molar-refractivity contribution < 1.29 is 45.0 Å². The van der Waals surface area contributed by atoms with Crippen LogP contribution in [0.2, 0.25) is 0 Å². The van der Waals surface area contributed by atoms with Gasteiger partial charge >= 0.3 is 18.6 Å². The van der Waals surface area contributed by atoms with Crippen molar-refractivity contribution in [2.24, 2.45) is 17.6 Å². The molecule has 0 spiro atoms. The van der Waals surface area contributed by atoms with Crippen LogP contribution in [0.15, 0.2) is 24.3 Å². The third kappa shape index (κ3) is 6.72. The van der Waals surface area contributed by atoms with E-state index in [0.717, 1.165) is 12.1 Å². The minimum absolute atomic E-state index is 0.0872. The minimum Gasteiger partial charge on any atom is -0.490 e. The molecule has 2 aliphatic rings. The van der Waals surface area contributed by atoms with Crippen molar-refractivity contribution in [2.45, 2.75) is 83.7 Å². The van der Waals surface area contributed by atoms with Gasteiger partial charge in [-0.2, -0.15) is 17.6 Å². The quantitative estimate of drug-likeness (QED) is 0.274. The van der Waals surface area contributed by atoms with E-state index >= 15 is 0 Å². The molecule has 232 valence electrons. The van der Waals surface area contributed by atoms with E-state index in [9.17, 15) is 35.6 Å². The fourth-order valence-electron chi connectivity index (χ4n) is 6.11. The van der Waals surface area contributed by atoms with Crippen LogP contribution < -0.4 is 20.5 Å². The van der Waals surface area contributed by atoms with Crippen LogP contribution in [0.1, 0.15) is 47.5 Å². The van der Waals surface area contributed by atoms with E-state index in [1.807, 2.05) is 27.7 Å². The second-order valence-electron chi connectivity index (χ2n) is 11.1. The number of piperidine rings is 1. The largest absolute Gasteiger partial charge is 0.490 e. The zero-order valence-electron chi connectivity index (χ0n) is 23.7. The fourth-order valence-corrected chi connectivity index (χ4v) is 7.79. The summed E-state index contributed by atoms with van der Waals surface area (Å²) in [6.07, 6.45) is -8.43. The number of alkyl halides is 4. The summed E-state index contributed by atoms with van der Waals surface area (Å²) in [5, 5.41) is 2.27. The van der Waals surface area contributed by atoms with Crippen molar-refractivity contribution in [3.63, 3.8) is 0 Å². The molecule has 2 saturated heterocycles. The summed E-state index contributed by atoms with van der Waals surface area (Å²) in [5.74, 6) is -1.85. The van der Waals surface area contributed by atoms with Gasteiger partial charge in [-0.3, -0.25) is 10.1 Å². The van der Waals surface area contributed by atoms with Gasteiger partial charge in [-0.1, -0.05) is 27.7 Å². The molecule has 2 fully saturated rings. The highest BCUT2D eigenvalue weighted by atomic mass is 32.2. The highest BCUT2D eigenvalue weighted by molar-refractivity contribution is 7.89. The highest BCUT2D eigenvalue weighted by Crippen LogP contribution is 2.39. The Morgan fingerprint density at radius 2 is 1.51 bits per heavy atom. The van der Waals surface area contributed by atoms with E-state index in [0.29, 0.717) is 12.8 Å². The molecule has 0 aromatic heterocycles. The maximum Gasteiger partial charge on any atom is 0.461 e. The Morgan fingerprint density at radius 3 is 1.98 bits per heavy atom. The lowest BCUT2D eigenvalue weighted by Gasteiger charge is -2.52. The number of nitrogens with two attached hydrogens (primary N) is 1. The van der Waals surface area contributed by atoms with E-state index in [1.165, 1.54) is 21.3 Å². The fraction of sp³-hybridized carbons (Fsp3) is 0.692. The molecule has 1 aromatic carbocycles. The Morgan fingerprint density at radius 1 is 1.00 bits per heavy atom. The first-order valence-electron chi connectivity index (χ1n) is 13.4. The monoisotopic (exact) mass is 610 g/mol. The zero-order valence-corrected chi connectivity index (χ0v) is 24.5. The van der Waals surface area contributed by atoms with E-state index in [1.54, 1.807) is 6.92 Å². The van der Waals surface area contributed by atoms with Crippen LogP contribution in [0.4, 0.5) is 22.4 Å². The molecule has 0 radical (unpaired) electrons. The molecule has 1 aromatic rings. The number of imide groups is 1. The van der Waals surface area contributed by atoms with Gasteiger partial charge in [0.1, 0.15) is 23.6 Å². The van der Waals surface area contributed by atoms with Crippen LogP contribution in [0.3, 0.4) is 0 Å². The topological polar surface area (TPSA) is 131 Å². The molecule has 2 aliphatic heterocycles. The molecule has 0 aliphatic carbocycles. The van der Waals surface area contributed by atoms with Gasteiger partial charge in [0.2, 0.25) is 10.0 Å². The number of carbonyl (C=O) groups is 2. The smallest absolute Gasteiger partial charge is 0.461 e. The van der Waals surface area contributed by atoms with Crippen LogP contribution in [-0.4, -0.2) is 84.7 Å². The van der Waals surface area contributed by atoms with Crippen LogP contribution in [0, 0.1) is 11.8 Å². The van der Waals surface area contributed by atoms with E-state index < -0.39 is 69.7 Å². The number of urea groups is 1. The van der Waals surface area contributed by atoms with E-state index in [4.69, 9.17) is 10.5 Å². The predicted octanol–water partition coefficient (Wildman–Crippen LogP) is 3.41. The van der Waals surface area contributed by atoms with E-state index in [2.05, 4.69) is 10.1 Å². The average Bonchev–Trinajstić information content (AvgIpc) is 3.12. The molecular weight excluding hydrogens is 572 g/mol. The van der Waals surface area contributed by atoms with Gasteiger partial charge in [0.15, 0.2) is 0 Å². The predicted molar refractivity (Wildman–Crippen MR) is 142 cm³/mol. The van der Waals surface area contributed by atoms with Crippen molar-refractivity contribution in [1.29, 1.82) is 0 Å². The Hall–Kier alpha value is -2.65. The number of hydrogen-bond donors (Lipinski definition) is 2. The zero-order chi connectivity index (χ0) is 30.9. The maximum atomic E-state index is 13.4. The number of hydrogen-bond acceptors (Lipinski definition) is 7. The Labute approximate surface area is 237 Å². The van der Waals surface area contributed by atoms with Crippen LogP contribution in [-0.2, 0) is 14.8 Å². The summed E-state index contributed by atoms with van der Waals surface area (Å²) in [5.41, 5.74) is 5.40. The normalized spacial score (nSPS) is 20.7. The second-order valence-corrected chi connectivity index (χ2v) is 13.1. The third-order valence-corrected chi connectivity index (χ3v) is 9.75. The number of rotatable bonds is 12. The average molecular weight is 611 g/mol. The summed E-state index contributed by atoms with van der Waals surface area (Å²) >= 11 is 0. The number of nitrogens with zero attached hydrogens (tertiary/aromatic N) is 2. The van der Waals surface area contributed by atoms with E-state index in [-0.39, 0.29) is 30.7 Å². The number of ether oxygens (including phenoxy) is 2. The first-order valence-corrected chi connectivity index (χ1v) is 15.0. The summed E-state index contributed by atoms with van der Waals surface area (Å²) in [4.78, 5) is 27.2. The van der Waals surface area contributed by atoms with Gasteiger partial charge < -0.3 is 20.1 Å². The van der Waals surface area contributed by atoms with Gasteiger partial charge in [0.05, 0.1) is 11.3 Å². The van der Waals surface area contributed by atoms with Crippen molar-refractivity contribution >= 4 is 22.0 Å². The number of nitrogens with one attached hydrogen (secondary N) is 1. The lowest BCUT2D eigenvalue weighted by atomic mass is 9.70. The van der Waals surface area contributed by atoms with Crippen molar-refractivity contribution in [2.75, 3.05) is 18.8 Å². The molecule has 2 unspecified atom stereocenters. The van der Waals surface area contributed by atoms with Gasteiger partial charge in [0.25, 0.3) is 5.91 Å². The number of carbonyl (C=O) groups excluding carboxylic acids is 2. The summed E-state index contributed by atoms with van der Waals surface area (Å²) in [7, 11) is -3.99. The standard InChI is InChI=1S/C26H38F4N4O6S/c1-15(2)25(16(3)4,17(5)31)34-21(22(35)32-24(34)36)14-41(37,38)33-12-10-19(11-13-33)39-18-6-8-20(9-7-18)40-26(29,30)23(27)28/h6-9,15-17,19,21,23H,10-14,31H2,1-5H3,(H,32,35,36). The Bertz CT molecular complexity index is 1170. The number of sulfonamides is 1. The van der Waals surface area contributed by atoms with Crippen molar-refractivity contribution in [1.82, 2.24) is 14.5 Å². The number of amides is 3. The maximum absolute atomic E-state index is 13.4. The minimum atomic E-state index is -4.63. The molecule has 3 N–H and O–H groups in total. The second kappa shape index (κ2) is 12.3. The van der Waals surface area contributed by atoms with Crippen molar-refractivity contribution in [3.05, 3.63) is 24.3 Å². The molecule has 0 saturated carbocycles. The SMILES string of the molecule is CC(C)C(C(C)C)(C(C)N)N1C(=O)NC(=O)C1CS(=O)(=O)N1CCC(Oc2ccc(OC(F)(F)C(F)F)cc2)CC1. The molecule has 3 amide bonds. The number of halogens is 4. The third-order valence-electron chi connectivity index (χ3n) is 7.86. The van der Waals surface area contributed by atoms with Gasteiger partial charge in [0, 0.05) is 19.1 Å². The number of benzene rings is 1. The Kier molecular flexibility index (Phi) is 9.86. The molecule has 2 heterocycles. The van der Waals surface area contributed by atoms with Gasteiger partial charge in [-0.25, -0.2) is 17.5 Å². The lowest BCUT2D eigenvalue weighted by Crippen LogP contribution is -2.68. The van der Waals surface area contributed by atoms with Crippen LogP contribution >= 0.6 is 0 Å². The molecule has 3 rings (SSSR count). The van der Waals surface area contributed by atoms with Gasteiger partial charge in [-0.05, 0) is 55.9 Å².